The van der Waals surface area contributed by atoms with Crippen molar-refractivity contribution in [2.45, 2.75) is 31.4 Å². The predicted molar refractivity (Wildman–Crippen MR) is 55.3 cm³/mol. The van der Waals surface area contributed by atoms with Crippen LogP contribution in [0.25, 0.3) is 0 Å². The van der Waals surface area contributed by atoms with Crippen LogP contribution in [0.2, 0.25) is 0 Å². The van der Waals surface area contributed by atoms with Gasteiger partial charge in [0.05, 0.1) is 6.10 Å². The topological polar surface area (TPSA) is 35.5 Å². The van der Waals surface area contributed by atoms with Gasteiger partial charge < -0.3 is 10.4 Å². The number of piperidine rings is 1. The number of hydrogen-bond donors (Lipinski definition) is 2. The Kier molecular flexibility index (Phi) is 4.46. The van der Waals surface area contributed by atoms with Crippen molar-refractivity contribution in [2.75, 3.05) is 26.2 Å². The highest BCUT2D eigenvalue weighted by molar-refractivity contribution is 5.85. The first kappa shape index (κ1) is 11.2. The molecule has 78 valence electrons. The van der Waals surface area contributed by atoms with E-state index in [1.165, 1.54) is 25.9 Å². The molecular weight excluding hydrogens is 188 g/mol. The maximum atomic E-state index is 9.75. The monoisotopic (exact) mass is 206 g/mol. The van der Waals surface area contributed by atoms with E-state index in [4.69, 9.17) is 0 Å². The molecule has 13 heavy (non-hydrogen) atoms. The van der Waals surface area contributed by atoms with Crippen molar-refractivity contribution in [3.63, 3.8) is 0 Å². The van der Waals surface area contributed by atoms with Gasteiger partial charge in [0.1, 0.15) is 0 Å². The standard InChI is InChI=1S/C9H18N2O.ClH/c12-9-3-4-10-7-8(9)11-5-1-2-6-11;/h8-10,12H,1-7H2;1H. The molecule has 2 aliphatic heterocycles. The third kappa shape index (κ3) is 2.56. The molecule has 0 radical (unpaired) electrons. The van der Waals surface area contributed by atoms with Crippen LogP contribution in [0.1, 0.15) is 19.3 Å². The molecule has 0 aromatic carbocycles. The van der Waals surface area contributed by atoms with E-state index < -0.39 is 0 Å². The Morgan fingerprint density at radius 3 is 2.54 bits per heavy atom. The van der Waals surface area contributed by atoms with Crippen molar-refractivity contribution < 1.29 is 5.11 Å². The molecule has 2 aliphatic rings. The summed E-state index contributed by atoms with van der Waals surface area (Å²) in [5, 5.41) is 13.1. The molecular formula is C9H19ClN2O. The highest BCUT2D eigenvalue weighted by Crippen LogP contribution is 2.17. The molecule has 2 saturated heterocycles. The summed E-state index contributed by atoms with van der Waals surface area (Å²) in [7, 11) is 0. The second-order valence-electron chi connectivity index (χ2n) is 3.87. The van der Waals surface area contributed by atoms with Crippen molar-refractivity contribution in [2.24, 2.45) is 0 Å². The number of likely N-dealkylation sites (tertiary alicyclic amines) is 1. The molecule has 2 rings (SSSR count). The van der Waals surface area contributed by atoms with Crippen molar-refractivity contribution in [3.05, 3.63) is 0 Å². The molecule has 0 aromatic heterocycles. The third-order valence-corrected chi connectivity index (χ3v) is 3.02. The van der Waals surface area contributed by atoms with Gasteiger partial charge in [0.25, 0.3) is 0 Å². The Morgan fingerprint density at radius 2 is 1.92 bits per heavy atom. The molecule has 0 saturated carbocycles. The van der Waals surface area contributed by atoms with Gasteiger partial charge in [0, 0.05) is 12.6 Å². The summed E-state index contributed by atoms with van der Waals surface area (Å²) < 4.78 is 0. The first-order valence-corrected chi connectivity index (χ1v) is 5.01. The van der Waals surface area contributed by atoms with E-state index >= 15 is 0 Å². The van der Waals surface area contributed by atoms with Gasteiger partial charge >= 0.3 is 0 Å². The second kappa shape index (κ2) is 5.15. The van der Waals surface area contributed by atoms with Gasteiger partial charge in [-0.1, -0.05) is 0 Å². The number of halogens is 1. The Labute approximate surface area is 85.9 Å². The smallest absolute Gasteiger partial charge is 0.0719 e. The van der Waals surface area contributed by atoms with Gasteiger partial charge in [-0.2, -0.15) is 0 Å². The number of hydrogen-bond acceptors (Lipinski definition) is 3. The van der Waals surface area contributed by atoms with Gasteiger partial charge in [-0.3, -0.25) is 4.90 Å². The molecule has 0 aliphatic carbocycles. The third-order valence-electron chi connectivity index (χ3n) is 3.02. The highest BCUT2D eigenvalue weighted by Gasteiger charge is 2.29. The summed E-state index contributed by atoms with van der Waals surface area (Å²) in [6.07, 6.45) is 3.44. The van der Waals surface area contributed by atoms with Crippen LogP contribution in [0, 0.1) is 0 Å². The van der Waals surface area contributed by atoms with E-state index in [0.717, 1.165) is 19.5 Å². The van der Waals surface area contributed by atoms with E-state index in [0.29, 0.717) is 6.04 Å². The average Bonchev–Trinajstić information content (AvgIpc) is 2.57. The minimum absolute atomic E-state index is 0. The Balaban J connectivity index is 0.000000845. The maximum absolute atomic E-state index is 9.75. The lowest BCUT2D eigenvalue weighted by molar-refractivity contribution is 0.0398. The summed E-state index contributed by atoms with van der Waals surface area (Å²) >= 11 is 0. The molecule has 2 N–H and O–H groups in total. The molecule has 4 heteroatoms. The zero-order valence-corrected chi connectivity index (χ0v) is 8.72. The van der Waals surface area contributed by atoms with E-state index in [2.05, 4.69) is 10.2 Å². The van der Waals surface area contributed by atoms with Gasteiger partial charge in [-0.25, -0.2) is 0 Å². The number of nitrogens with one attached hydrogen (secondary N) is 1. The number of aliphatic hydroxyl groups excluding tert-OH is 1. The summed E-state index contributed by atoms with van der Waals surface area (Å²) in [6, 6.07) is 0.390. The molecule has 0 amide bonds. The van der Waals surface area contributed by atoms with Crippen molar-refractivity contribution in [3.8, 4) is 0 Å². The molecule has 2 fully saturated rings. The van der Waals surface area contributed by atoms with Crippen LogP contribution < -0.4 is 5.32 Å². The van der Waals surface area contributed by atoms with E-state index in [1.807, 2.05) is 0 Å². The quantitative estimate of drug-likeness (QED) is 0.645. The SMILES string of the molecule is Cl.OC1CCNCC1N1CCCC1. The van der Waals surface area contributed by atoms with E-state index in [1.54, 1.807) is 0 Å². The van der Waals surface area contributed by atoms with Crippen molar-refractivity contribution in [1.29, 1.82) is 0 Å². The van der Waals surface area contributed by atoms with Crippen LogP contribution >= 0.6 is 12.4 Å². The normalized spacial score (nSPS) is 35.8. The Bertz CT molecular complexity index is 151. The lowest BCUT2D eigenvalue weighted by Gasteiger charge is -2.35. The summed E-state index contributed by atoms with van der Waals surface area (Å²) in [5.41, 5.74) is 0. The lowest BCUT2D eigenvalue weighted by Crippen LogP contribution is -2.52. The minimum Gasteiger partial charge on any atom is -0.391 e. The number of nitrogens with zero attached hydrogens (tertiary/aromatic N) is 1. The summed E-state index contributed by atoms with van der Waals surface area (Å²) in [6.45, 7) is 4.32. The average molecular weight is 207 g/mol. The zero-order valence-electron chi connectivity index (χ0n) is 7.91. The van der Waals surface area contributed by atoms with Crippen LogP contribution in [-0.4, -0.2) is 48.3 Å². The van der Waals surface area contributed by atoms with E-state index in [-0.39, 0.29) is 18.5 Å². The van der Waals surface area contributed by atoms with Crippen LogP contribution in [-0.2, 0) is 0 Å². The van der Waals surface area contributed by atoms with Gasteiger partial charge in [0.2, 0.25) is 0 Å². The predicted octanol–water partition coefficient (Wildman–Crippen LogP) is 0.227. The minimum atomic E-state index is -0.0932. The molecule has 2 atom stereocenters. The lowest BCUT2D eigenvalue weighted by atomic mass is 10.0. The largest absolute Gasteiger partial charge is 0.391 e. The first-order valence-electron chi connectivity index (χ1n) is 5.01. The van der Waals surface area contributed by atoms with Gasteiger partial charge in [-0.05, 0) is 38.9 Å². The molecule has 3 nitrogen and oxygen atoms in total. The van der Waals surface area contributed by atoms with Crippen LogP contribution in [0.5, 0.6) is 0 Å². The van der Waals surface area contributed by atoms with Crippen molar-refractivity contribution >= 4 is 12.4 Å². The summed E-state index contributed by atoms with van der Waals surface area (Å²) in [4.78, 5) is 2.43. The zero-order chi connectivity index (χ0) is 8.39. The molecule has 0 aromatic rings. The highest BCUT2D eigenvalue weighted by atomic mass is 35.5. The number of aliphatic hydroxyl groups is 1. The van der Waals surface area contributed by atoms with Crippen LogP contribution in [0.3, 0.4) is 0 Å². The maximum Gasteiger partial charge on any atom is 0.0719 e. The van der Waals surface area contributed by atoms with Gasteiger partial charge in [0.15, 0.2) is 0 Å². The fraction of sp³-hybridized carbons (Fsp3) is 1.00. The summed E-state index contributed by atoms with van der Waals surface area (Å²) in [5.74, 6) is 0. The van der Waals surface area contributed by atoms with Crippen molar-refractivity contribution in [1.82, 2.24) is 10.2 Å². The first-order chi connectivity index (χ1) is 5.88. The molecule has 0 bridgehead atoms. The van der Waals surface area contributed by atoms with Crippen LogP contribution in [0.4, 0.5) is 0 Å². The van der Waals surface area contributed by atoms with Crippen LogP contribution in [0.15, 0.2) is 0 Å². The van der Waals surface area contributed by atoms with E-state index in [9.17, 15) is 5.11 Å². The molecule has 2 heterocycles. The molecule has 0 spiro atoms. The second-order valence-corrected chi connectivity index (χ2v) is 3.87. The fourth-order valence-corrected chi connectivity index (χ4v) is 2.27. The Morgan fingerprint density at radius 1 is 1.23 bits per heavy atom. The Hall–Kier alpha value is 0.170. The fourth-order valence-electron chi connectivity index (χ4n) is 2.27. The number of rotatable bonds is 1. The molecule has 2 unspecified atom stereocenters. The van der Waals surface area contributed by atoms with Gasteiger partial charge in [-0.15, -0.1) is 12.4 Å².